The molecular formula is C21H37IN6. The molecule has 6 nitrogen and oxygen atoms in total. The number of nitrogens with one attached hydrogen (secondary N) is 2. The SMILES string of the molecule is CCNC(=NCCc1cn2ccccc2n1)NC(C)CCCN(CC)CC.I. The Kier molecular flexibility index (Phi) is 12.1. The fourth-order valence-corrected chi connectivity index (χ4v) is 3.18. The van der Waals surface area contributed by atoms with Gasteiger partial charge in [-0.3, -0.25) is 4.99 Å². The fourth-order valence-electron chi connectivity index (χ4n) is 3.18. The molecule has 0 bridgehead atoms. The van der Waals surface area contributed by atoms with Crippen LogP contribution in [0.3, 0.4) is 0 Å². The Morgan fingerprint density at radius 1 is 1.25 bits per heavy atom. The molecule has 0 aliphatic heterocycles. The van der Waals surface area contributed by atoms with Crippen LogP contribution in [0, 0.1) is 0 Å². The number of nitrogens with zero attached hydrogens (tertiary/aromatic N) is 4. The Morgan fingerprint density at radius 2 is 2.04 bits per heavy atom. The van der Waals surface area contributed by atoms with E-state index in [4.69, 9.17) is 4.99 Å². The highest BCUT2D eigenvalue weighted by molar-refractivity contribution is 14.0. The van der Waals surface area contributed by atoms with Crippen molar-refractivity contribution >= 4 is 35.6 Å². The standard InChI is InChI=1S/C21H36N6.HI/c1-5-22-21(24-18(4)11-10-15-26(6-2)7-3)23-14-13-19-17-27-16-9-8-12-20(27)25-19;/h8-9,12,16-18H,5-7,10-11,13-15H2,1-4H3,(H2,22,23,24);1H. The van der Waals surface area contributed by atoms with Gasteiger partial charge in [0.25, 0.3) is 0 Å². The summed E-state index contributed by atoms with van der Waals surface area (Å²) >= 11 is 0. The second-order valence-electron chi connectivity index (χ2n) is 6.92. The van der Waals surface area contributed by atoms with Gasteiger partial charge in [-0.2, -0.15) is 0 Å². The second kappa shape index (κ2) is 13.8. The van der Waals surface area contributed by atoms with Crippen molar-refractivity contribution in [1.29, 1.82) is 0 Å². The molecule has 0 aromatic carbocycles. The third kappa shape index (κ3) is 8.34. The predicted octanol–water partition coefficient (Wildman–Crippen LogP) is 3.56. The minimum absolute atomic E-state index is 0. The number of aliphatic imine (C=N–C) groups is 1. The molecule has 2 heterocycles. The average Bonchev–Trinajstić information content (AvgIpc) is 3.08. The van der Waals surface area contributed by atoms with E-state index in [1.165, 1.54) is 13.0 Å². The van der Waals surface area contributed by atoms with Crippen LogP contribution >= 0.6 is 24.0 Å². The summed E-state index contributed by atoms with van der Waals surface area (Å²) in [6.45, 7) is 13.8. The Labute approximate surface area is 187 Å². The Morgan fingerprint density at radius 3 is 2.71 bits per heavy atom. The first-order valence-electron chi connectivity index (χ1n) is 10.4. The number of pyridine rings is 1. The van der Waals surface area contributed by atoms with Gasteiger partial charge in [0.2, 0.25) is 0 Å². The van der Waals surface area contributed by atoms with Gasteiger partial charge in [0.1, 0.15) is 5.65 Å². The maximum atomic E-state index is 4.73. The van der Waals surface area contributed by atoms with Gasteiger partial charge in [-0.25, -0.2) is 4.98 Å². The summed E-state index contributed by atoms with van der Waals surface area (Å²) in [5, 5.41) is 6.89. The molecule has 0 radical (unpaired) electrons. The van der Waals surface area contributed by atoms with E-state index < -0.39 is 0 Å². The van der Waals surface area contributed by atoms with Crippen LogP contribution < -0.4 is 10.6 Å². The zero-order valence-corrected chi connectivity index (χ0v) is 20.1. The van der Waals surface area contributed by atoms with Gasteiger partial charge < -0.3 is 19.9 Å². The molecule has 1 atom stereocenters. The first-order chi connectivity index (χ1) is 13.2. The molecule has 0 spiro atoms. The average molecular weight is 500 g/mol. The van der Waals surface area contributed by atoms with Crippen LogP contribution in [-0.2, 0) is 6.42 Å². The molecule has 1 unspecified atom stereocenters. The minimum Gasteiger partial charge on any atom is -0.357 e. The Bertz CT molecular complexity index is 662. The van der Waals surface area contributed by atoms with Crippen LogP contribution in [0.1, 0.15) is 46.2 Å². The third-order valence-corrected chi connectivity index (χ3v) is 4.78. The Hall–Kier alpha value is -1.35. The van der Waals surface area contributed by atoms with Gasteiger partial charge in [-0.05, 0) is 58.5 Å². The van der Waals surface area contributed by atoms with Gasteiger partial charge in [-0.15, -0.1) is 24.0 Å². The van der Waals surface area contributed by atoms with Gasteiger partial charge >= 0.3 is 0 Å². The maximum Gasteiger partial charge on any atom is 0.191 e. The molecule has 158 valence electrons. The van der Waals surface area contributed by atoms with E-state index in [-0.39, 0.29) is 24.0 Å². The summed E-state index contributed by atoms with van der Waals surface area (Å²) in [6.07, 6.45) is 7.31. The molecule has 28 heavy (non-hydrogen) atoms. The van der Waals surface area contributed by atoms with E-state index in [0.29, 0.717) is 6.04 Å². The van der Waals surface area contributed by atoms with Crippen molar-refractivity contribution in [2.75, 3.05) is 32.7 Å². The molecule has 0 aliphatic rings. The van der Waals surface area contributed by atoms with Crippen molar-refractivity contribution in [3.05, 3.63) is 36.3 Å². The molecule has 0 saturated carbocycles. The van der Waals surface area contributed by atoms with Crippen molar-refractivity contribution in [3.63, 3.8) is 0 Å². The summed E-state index contributed by atoms with van der Waals surface area (Å²) in [5.41, 5.74) is 2.07. The van der Waals surface area contributed by atoms with Crippen molar-refractivity contribution < 1.29 is 0 Å². The lowest BCUT2D eigenvalue weighted by Gasteiger charge is -2.21. The third-order valence-electron chi connectivity index (χ3n) is 4.78. The van der Waals surface area contributed by atoms with Crippen LogP contribution in [0.2, 0.25) is 0 Å². The summed E-state index contributed by atoms with van der Waals surface area (Å²) in [6, 6.07) is 6.47. The van der Waals surface area contributed by atoms with Crippen LogP contribution in [0.5, 0.6) is 0 Å². The molecule has 2 rings (SSSR count). The van der Waals surface area contributed by atoms with E-state index in [1.54, 1.807) is 0 Å². The van der Waals surface area contributed by atoms with Crippen molar-refractivity contribution in [2.24, 2.45) is 4.99 Å². The molecule has 2 aromatic heterocycles. The normalized spacial score (nSPS) is 12.8. The van der Waals surface area contributed by atoms with Gasteiger partial charge in [0, 0.05) is 37.9 Å². The molecule has 0 fully saturated rings. The summed E-state index contributed by atoms with van der Waals surface area (Å²) in [5.74, 6) is 0.900. The van der Waals surface area contributed by atoms with Crippen molar-refractivity contribution in [1.82, 2.24) is 24.9 Å². The zero-order chi connectivity index (χ0) is 19.5. The summed E-state index contributed by atoms with van der Waals surface area (Å²) in [7, 11) is 0. The van der Waals surface area contributed by atoms with E-state index in [0.717, 1.165) is 56.3 Å². The number of imidazole rings is 1. The lowest BCUT2D eigenvalue weighted by molar-refractivity contribution is 0.292. The zero-order valence-electron chi connectivity index (χ0n) is 17.8. The van der Waals surface area contributed by atoms with E-state index >= 15 is 0 Å². The first-order valence-corrected chi connectivity index (χ1v) is 10.4. The van der Waals surface area contributed by atoms with Gasteiger partial charge in [0.15, 0.2) is 5.96 Å². The highest BCUT2D eigenvalue weighted by Crippen LogP contribution is 2.05. The summed E-state index contributed by atoms with van der Waals surface area (Å²) in [4.78, 5) is 11.8. The van der Waals surface area contributed by atoms with Crippen molar-refractivity contribution in [3.8, 4) is 0 Å². The second-order valence-corrected chi connectivity index (χ2v) is 6.92. The fraction of sp³-hybridized carbons (Fsp3) is 0.619. The van der Waals surface area contributed by atoms with Crippen LogP contribution in [0.4, 0.5) is 0 Å². The molecule has 0 amide bonds. The van der Waals surface area contributed by atoms with E-state index in [2.05, 4.69) is 58.8 Å². The molecule has 7 heteroatoms. The quantitative estimate of drug-likeness (QED) is 0.282. The highest BCUT2D eigenvalue weighted by Gasteiger charge is 2.07. The number of hydrogen-bond acceptors (Lipinski definition) is 3. The topological polar surface area (TPSA) is 57.0 Å². The lowest BCUT2D eigenvalue weighted by Crippen LogP contribution is -2.42. The Balaban J connectivity index is 0.00000392. The maximum absolute atomic E-state index is 4.73. The minimum atomic E-state index is 0. The van der Waals surface area contributed by atoms with Crippen LogP contribution in [0.15, 0.2) is 35.6 Å². The molecule has 0 saturated heterocycles. The lowest BCUT2D eigenvalue weighted by atomic mass is 10.2. The smallest absolute Gasteiger partial charge is 0.191 e. The van der Waals surface area contributed by atoms with E-state index in [9.17, 15) is 0 Å². The molecule has 0 aliphatic carbocycles. The van der Waals surface area contributed by atoms with Crippen LogP contribution in [0.25, 0.3) is 5.65 Å². The van der Waals surface area contributed by atoms with Gasteiger partial charge in [0.05, 0.1) is 5.69 Å². The molecule has 2 aromatic rings. The number of guanidine groups is 1. The summed E-state index contributed by atoms with van der Waals surface area (Å²) < 4.78 is 2.06. The highest BCUT2D eigenvalue weighted by atomic mass is 127. The number of aromatic nitrogens is 2. The van der Waals surface area contributed by atoms with E-state index in [1.807, 2.05) is 24.4 Å². The largest absolute Gasteiger partial charge is 0.357 e. The number of rotatable bonds is 11. The predicted molar refractivity (Wildman–Crippen MR) is 130 cm³/mol. The first kappa shape index (κ1) is 24.7. The van der Waals surface area contributed by atoms with Crippen LogP contribution in [-0.4, -0.2) is 59.0 Å². The number of hydrogen-bond donors (Lipinski definition) is 2. The number of halogens is 1. The number of fused-ring (bicyclic) bond motifs is 1. The molecular weight excluding hydrogens is 463 g/mol. The monoisotopic (exact) mass is 500 g/mol. The molecule has 2 N–H and O–H groups in total. The van der Waals surface area contributed by atoms with Gasteiger partial charge in [-0.1, -0.05) is 19.9 Å². The van der Waals surface area contributed by atoms with Crippen molar-refractivity contribution in [2.45, 2.75) is 53.0 Å².